The highest BCUT2D eigenvalue weighted by atomic mass is 35.5. The standard InChI is InChI=1S/C11H10ClFN4O/c1-5-7(12)4-17(16-5)10-2-6(11(15)18)9(14)3-8(10)13/h2-4H,14H2,1H3,(H2,15,18). The number of anilines is 1. The molecule has 0 aliphatic rings. The first kappa shape index (κ1) is 12.4. The van der Waals surface area contributed by atoms with Crippen LogP contribution in [0.3, 0.4) is 0 Å². The third-order valence-electron chi connectivity index (χ3n) is 2.47. The molecule has 0 unspecified atom stereocenters. The van der Waals surface area contributed by atoms with Gasteiger partial charge in [-0.25, -0.2) is 9.07 Å². The molecule has 1 amide bonds. The molecule has 18 heavy (non-hydrogen) atoms. The number of nitrogens with two attached hydrogens (primary N) is 2. The van der Waals surface area contributed by atoms with E-state index in [0.29, 0.717) is 10.7 Å². The molecule has 0 bridgehead atoms. The van der Waals surface area contributed by atoms with Crippen molar-refractivity contribution >= 4 is 23.2 Å². The first-order valence-corrected chi connectivity index (χ1v) is 5.39. The molecule has 5 nitrogen and oxygen atoms in total. The number of hydrogen-bond donors (Lipinski definition) is 2. The summed E-state index contributed by atoms with van der Waals surface area (Å²) in [6.45, 7) is 1.68. The van der Waals surface area contributed by atoms with Crippen LogP contribution in [0.25, 0.3) is 5.69 Å². The molecule has 0 fully saturated rings. The summed E-state index contributed by atoms with van der Waals surface area (Å²) in [5.41, 5.74) is 11.3. The molecule has 0 radical (unpaired) electrons. The summed E-state index contributed by atoms with van der Waals surface area (Å²) in [7, 11) is 0. The second-order valence-corrected chi connectivity index (χ2v) is 4.17. The molecule has 0 aliphatic heterocycles. The average molecular weight is 269 g/mol. The van der Waals surface area contributed by atoms with Crippen molar-refractivity contribution < 1.29 is 9.18 Å². The number of benzene rings is 1. The molecule has 1 aromatic heterocycles. The molecule has 1 heterocycles. The number of carbonyl (C=O) groups is 1. The van der Waals surface area contributed by atoms with Crippen LogP contribution in [-0.2, 0) is 0 Å². The quantitative estimate of drug-likeness (QED) is 0.812. The Morgan fingerprint density at radius 2 is 2.17 bits per heavy atom. The van der Waals surface area contributed by atoms with E-state index in [1.54, 1.807) is 6.92 Å². The summed E-state index contributed by atoms with van der Waals surface area (Å²) in [6.07, 6.45) is 1.44. The fraction of sp³-hybridized carbons (Fsp3) is 0.0909. The SMILES string of the molecule is Cc1nn(-c2cc(C(N)=O)c(N)cc2F)cc1Cl. The van der Waals surface area contributed by atoms with Crippen LogP contribution >= 0.6 is 11.6 Å². The van der Waals surface area contributed by atoms with Crippen molar-refractivity contribution in [2.24, 2.45) is 5.73 Å². The van der Waals surface area contributed by atoms with Crippen LogP contribution < -0.4 is 11.5 Å². The molecule has 1 aromatic carbocycles. The molecule has 4 N–H and O–H groups in total. The minimum Gasteiger partial charge on any atom is -0.398 e. The van der Waals surface area contributed by atoms with E-state index in [2.05, 4.69) is 5.10 Å². The number of nitrogen functional groups attached to an aromatic ring is 1. The Balaban J connectivity index is 2.64. The van der Waals surface area contributed by atoms with Crippen LogP contribution in [0.5, 0.6) is 0 Å². The van der Waals surface area contributed by atoms with E-state index < -0.39 is 11.7 Å². The van der Waals surface area contributed by atoms with E-state index in [1.807, 2.05) is 0 Å². The summed E-state index contributed by atoms with van der Waals surface area (Å²) in [5.74, 6) is -1.35. The van der Waals surface area contributed by atoms with Gasteiger partial charge in [0.25, 0.3) is 5.91 Å². The van der Waals surface area contributed by atoms with Crippen LogP contribution in [0, 0.1) is 12.7 Å². The smallest absolute Gasteiger partial charge is 0.250 e. The monoisotopic (exact) mass is 268 g/mol. The molecule has 94 valence electrons. The fourth-order valence-corrected chi connectivity index (χ4v) is 1.66. The number of carbonyl (C=O) groups excluding carboxylic acids is 1. The largest absolute Gasteiger partial charge is 0.398 e. The summed E-state index contributed by atoms with van der Waals surface area (Å²) in [4.78, 5) is 11.2. The zero-order valence-electron chi connectivity index (χ0n) is 9.45. The zero-order chi connectivity index (χ0) is 13.4. The second kappa shape index (κ2) is 4.30. The lowest BCUT2D eigenvalue weighted by atomic mass is 10.1. The maximum absolute atomic E-state index is 13.8. The van der Waals surface area contributed by atoms with Gasteiger partial charge >= 0.3 is 0 Å². The fourth-order valence-electron chi connectivity index (χ4n) is 1.53. The molecule has 0 aliphatic carbocycles. The predicted octanol–water partition coefficient (Wildman–Crippen LogP) is 1.65. The number of hydrogen-bond acceptors (Lipinski definition) is 3. The van der Waals surface area contributed by atoms with Crippen molar-refractivity contribution in [1.82, 2.24) is 9.78 Å². The number of nitrogens with zero attached hydrogens (tertiary/aromatic N) is 2. The summed E-state index contributed by atoms with van der Waals surface area (Å²) in [6, 6.07) is 2.27. The van der Waals surface area contributed by atoms with Crippen LogP contribution in [0.1, 0.15) is 16.1 Å². The van der Waals surface area contributed by atoms with E-state index in [0.717, 1.165) is 6.07 Å². The normalized spacial score (nSPS) is 10.6. The van der Waals surface area contributed by atoms with Gasteiger partial charge in [-0.05, 0) is 19.1 Å². The topological polar surface area (TPSA) is 86.9 Å². The van der Waals surface area contributed by atoms with Crippen molar-refractivity contribution in [3.8, 4) is 5.69 Å². The van der Waals surface area contributed by atoms with Crippen LogP contribution in [0.2, 0.25) is 5.02 Å². The van der Waals surface area contributed by atoms with Gasteiger partial charge in [-0.3, -0.25) is 4.79 Å². The minimum atomic E-state index is -0.733. The highest BCUT2D eigenvalue weighted by Crippen LogP contribution is 2.23. The van der Waals surface area contributed by atoms with Crippen LogP contribution in [-0.4, -0.2) is 15.7 Å². The highest BCUT2D eigenvalue weighted by Gasteiger charge is 2.14. The predicted molar refractivity (Wildman–Crippen MR) is 66.2 cm³/mol. The first-order chi connectivity index (χ1) is 8.40. The molecule has 7 heteroatoms. The Morgan fingerprint density at radius 3 is 2.67 bits per heavy atom. The van der Waals surface area contributed by atoms with Crippen molar-refractivity contribution in [2.45, 2.75) is 6.92 Å². The first-order valence-electron chi connectivity index (χ1n) is 5.01. The van der Waals surface area contributed by atoms with Crippen molar-refractivity contribution in [2.75, 3.05) is 5.73 Å². The van der Waals surface area contributed by atoms with Crippen LogP contribution in [0.15, 0.2) is 18.3 Å². The van der Waals surface area contributed by atoms with Gasteiger partial charge in [-0.1, -0.05) is 11.6 Å². The molecule has 0 saturated carbocycles. The minimum absolute atomic E-state index is 0.0151. The maximum atomic E-state index is 13.8. The van der Waals surface area contributed by atoms with Gasteiger partial charge in [0.1, 0.15) is 5.69 Å². The van der Waals surface area contributed by atoms with Crippen molar-refractivity contribution in [3.63, 3.8) is 0 Å². The van der Waals surface area contributed by atoms with E-state index in [9.17, 15) is 9.18 Å². The Labute approximate surface area is 107 Å². The average Bonchev–Trinajstić information content (AvgIpc) is 2.58. The molecule has 2 aromatic rings. The van der Waals surface area contributed by atoms with Gasteiger partial charge in [0, 0.05) is 11.9 Å². The molecule has 0 saturated heterocycles. The van der Waals surface area contributed by atoms with Gasteiger partial charge in [-0.2, -0.15) is 5.10 Å². The van der Waals surface area contributed by atoms with Gasteiger partial charge in [0.15, 0.2) is 5.82 Å². The number of amides is 1. The number of aryl methyl sites for hydroxylation is 1. The van der Waals surface area contributed by atoms with Gasteiger partial charge in [0.05, 0.1) is 16.3 Å². The number of rotatable bonds is 2. The molecular weight excluding hydrogens is 259 g/mol. The summed E-state index contributed by atoms with van der Waals surface area (Å²) < 4.78 is 15.0. The highest BCUT2D eigenvalue weighted by molar-refractivity contribution is 6.31. The summed E-state index contributed by atoms with van der Waals surface area (Å²) in [5, 5.41) is 4.42. The lowest BCUT2D eigenvalue weighted by Crippen LogP contribution is -2.15. The maximum Gasteiger partial charge on any atom is 0.250 e. The van der Waals surface area contributed by atoms with E-state index in [4.69, 9.17) is 23.1 Å². The van der Waals surface area contributed by atoms with E-state index in [1.165, 1.54) is 16.9 Å². The zero-order valence-corrected chi connectivity index (χ0v) is 10.2. The summed E-state index contributed by atoms with van der Waals surface area (Å²) >= 11 is 5.84. The molecule has 0 atom stereocenters. The van der Waals surface area contributed by atoms with Gasteiger partial charge in [0.2, 0.25) is 0 Å². The van der Waals surface area contributed by atoms with Gasteiger partial charge in [-0.15, -0.1) is 0 Å². The van der Waals surface area contributed by atoms with Crippen molar-refractivity contribution in [1.29, 1.82) is 0 Å². The molecular formula is C11H10ClFN4O. The lowest BCUT2D eigenvalue weighted by molar-refractivity contribution is 0.100. The Bertz CT molecular complexity index is 619. The second-order valence-electron chi connectivity index (χ2n) is 3.76. The lowest BCUT2D eigenvalue weighted by Gasteiger charge is -2.07. The molecule has 0 spiro atoms. The number of halogens is 2. The van der Waals surface area contributed by atoms with Crippen molar-refractivity contribution in [3.05, 3.63) is 40.4 Å². The number of primary amides is 1. The van der Waals surface area contributed by atoms with Gasteiger partial charge < -0.3 is 11.5 Å². The Morgan fingerprint density at radius 1 is 1.50 bits per heavy atom. The van der Waals surface area contributed by atoms with E-state index >= 15 is 0 Å². The Kier molecular flexibility index (Phi) is 2.96. The Hall–Kier alpha value is -2.08. The third-order valence-corrected chi connectivity index (χ3v) is 2.84. The van der Waals surface area contributed by atoms with Crippen LogP contribution in [0.4, 0.5) is 10.1 Å². The molecule has 2 rings (SSSR count). The van der Waals surface area contributed by atoms with E-state index in [-0.39, 0.29) is 16.9 Å². The number of aromatic nitrogens is 2. The third kappa shape index (κ3) is 2.02.